The molecule has 34 heavy (non-hydrogen) atoms. The Morgan fingerprint density at radius 3 is 2.21 bits per heavy atom. The van der Waals surface area contributed by atoms with Gasteiger partial charge in [-0.15, -0.1) is 0 Å². The van der Waals surface area contributed by atoms with E-state index in [1.54, 1.807) is 0 Å². The van der Waals surface area contributed by atoms with Gasteiger partial charge < -0.3 is 14.5 Å². The van der Waals surface area contributed by atoms with Crippen molar-refractivity contribution in [3.8, 4) is 5.75 Å². The summed E-state index contributed by atoms with van der Waals surface area (Å²) in [6, 6.07) is 30.6. The van der Waals surface area contributed by atoms with E-state index in [2.05, 4.69) is 103 Å². The van der Waals surface area contributed by atoms with Crippen LogP contribution in [0.2, 0.25) is 0 Å². The summed E-state index contributed by atoms with van der Waals surface area (Å²) >= 11 is 0. The molecule has 0 unspecified atom stereocenters. The molecule has 1 aliphatic heterocycles. The molecule has 1 fully saturated rings. The summed E-state index contributed by atoms with van der Waals surface area (Å²) in [5, 5.41) is 0. The molecule has 0 radical (unpaired) electrons. The van der Waals surface area contributed by atoms with Gasteiger partial charge in [0, 0.05) is 44.0 Å². The van der Waals surface area contributed by atoms with E-state index in [1.165, 1.54) is 49.2 Å². The molecule has 0 aliphatic carbocycles. The minimum atomic E-state index is 0.594. The number of ether oxygens (including phenoxy) is 1. The van der Waals surface area contributed by atoms with Gasteiger partial charge in [0.2, 0.25) is 0 Å². The van der Waals surface area contributed by atoms with Gasteiger partial charge in [0.05, 0.1) is 0 Å². The van der Waals surface area contributed by atoms with E-state index >= 15 is 0 Å². The lowest BCUT2D eigenvalue weighted by atomic mass is 10.00. The van der Waals surface area contributed by atoms with Crippen LogP contribution in [0, 0.1) is 5.92 Å². The number of anilines is 1. The molecule has 0 aromatic heterocycles. The number of nitrogens with zero attached hydrogens (tertiary/aromatic N) is 2. The van der Waals surface area contributed by atoms with Crippen molar-refractivity contribution in [2.45, 2.75) is 52.2 Å². The van der Waals surface area contributed by atoms with Gasteiger partial charge in [-0.2, -0.15) is 0 Å². The van der Waals surface area contributed by atoms with Gasteiger partial charge in [0.15, 0.2) is 0 Å². The van der Waals surface area contributed by atoms with E-state index in [0.717, 1.165) is 25.3 Å². The first-order valence-electron chi connectivity index (χ1n) is 13.0. The number of rotatable bonds is 11. The first-order chi connectivity index (χ1) is 16.7. The van der Waals surface area contributed by atoms with Crippen LogP contribution < -0.4 is 9.64 Å². The molecule has 0 bridgehead atoms. The Balaban J connectivity index is 1.36. The zero-order valence-electron chi connectivity index (χ0n) is 20.9. The number of hydrogen-bond acceptors (Lipinski definition) is 3. The molecule has 0 saturated carbocycles. The molecule has 0 atom stereocenters. The topological polar surface area (TPSA) is 15.7 Å². The van der Waals surface area contributed by atoms with Crippen molar-refractivity contribution in [1.82, 2.24) is 4.90 Å². The highest BCUT2D eigenvalue weighted by atomic mass is 16.5. The van der Waals surface area contributed by atoms with Gasteiger partial charge in [-0.1, -0.05) is 80.6 Å². The maximum Gasteiger partial charge on any atom is 0.121 e. The smallest absolute Gasteiger partial charge is 0.121 e. The summed E-state index contributed by atoms with van der Waals surface area (Å²) in [5.74, 6) is 1.65. The molecule has 3 heteroatoms. The third kappa shape index (κ3) is 7.36. The average Bonchev–Trinajstić information content (AvgIpc) is 2.88. The van der Waals surface area contributed by atoms with E-state index < -0.39 is 0 Å². The van der Waals surface area contributed by atoms with Gasteiger partial charge in [-0.05, 0) is 54.9 Å². The van der Waals surface area contributed by atoms with Gasteiger partial charge >= 0.3 is 0 Å². The third-order valence-corrected chi connectivity index (χ3v) is 6.90. The van der Waals surface area contributed by atoms with Crippen molar-refractivity contribution in [2.24, 2.45) is 5.92 Å². The maximum atomic E-state index is 6.15. The minimum absolute atomic E-state index is 0.594. The van der Waals surface area contributed by atoms with E-state index in [9.17, 15) is 0 Å². The minimum Gasteiger partial charge on any atom is -0.489 e. The second kappa shape index (κ2) is 12.6. The average molecular weight is 457 g/mol. The van der Waals surface area contributed by atoms with Crippen LogP contribution in [0.3, 0.4) is 0 Å². The Morgan fingerprint density at radius 1 is 0.853 bits per heavy atom. The van der Waals surface area contributed by atoms with Crippen LogP contribution >= 0.6 is 0 Å². The monoisotopic (exact) mass is 456 g/mol. The predicted molar refractivity (Wildman–Crippen MR) is 144 cm³/mol. The molecule has 0 amide bonds. The van der Waals surface area contributed by atoms with Crippen molar-refractivity contribution in [1.29, 1.82) is 0 Å². The first kappa shape index (κ1) is 24.3. The SMILES string of the molecule is CC(C)CCN(c1cccc(OCc2ccccc2)c1)C1CCN(CCc2ccccc2)CC1. The standard InChI is InChI=1S/C31H40N2O/c1-26(2)16-23-33(29-18-21-32(22-19-29)20-17-27-10-5-3-6-11-27)30-14-9-15-31(24-30)34-25-28-12-7-4-8-13-28/h3-15,24,26,29H,16-23,25H2,1-2H3. The second-order valence-electron chi connectivity index (χ2n) is 9.96. The molecule has 180 valence electrons. The summed E-state index contributed by atoms with van der Waals surface area (Å²) in [6.45, 7) is 9.88. The van der Waals surface area contributed by atoms with Crippen LogP contribution in [-0.2, 0) is 13.0 Å². The molecular weight excluding hydrogens is 416 g/mol. The highest BCUT2D eigenvalue weighted by molar-refractivity contribution is 5.51. The van der Waals surface area contributed by atoms with Crippen LogP contribution in [0.15, 0.2) is 84.9 Å². The summed E-state index contributed by atoms with van der Waals surface area (Å²) in [6.07, 6.45) is 4.80. The number of benzene rings is 3. The van der Waals surface area contributed by atoms with Gasteiger partial charge in [-0.3, -0.25) is 0 Å². The van der Waals surface area contributed by atoms with Crippen molar-refractivity contribution < 1.29 is 4.74 Å². The lowest BCUT2D eigenvalue weighted by molar-refractivity contribution is 0.210. The molecule has 0 N–H and O–H groups in total. The number of likely N-dealkylation sites (tertiary alicyclic amines) is 1. The van der Waals surface area contributed by atoms with Gasteiger partial charge in [0.1, 0.15) is 12.4 Å². The molecule has 3 aromatic rings. The maximum absolute atomic E-state index is 6.15. The van der Waals surface area contributed by atoms with Crippen LogP contribution in [0.5, 0.6) is 5.75 Å². The predicted octanol–water partition coefficient (Wildman–Crippen LogP) is 6.83. The summed E-state index contributed by atoms with van der Waals surface area (Å²) in [7, 11) is 0. The van der Waals surface area contributed by atoms with Crippen LogP contribution in [0.4, 0.5) is 5.69 Å². The van der Waals surface area contributed by atoms with Gasteiger partial charge in [-0.25, -0.2) is 0 Å². The van der Waals surface area contributed by atoms with E-state index in [-0.39, 0.29) is 0 Å². The molecule has 3 aromatic carbocycles. The van der Waals surface area contributed by atoms with Crippen molar-refractivity contribution in [3.05, 3.63) is 96.1 Å². The van der Waals surface area contributed by atoms with Gasteiger partial charge in [0.25, 0.3) is 0 Å². The summed E-state index contributed by atoms with van der Waals surface area (Å²) in [5.41, 5.74) is 3.94. The molecular formula is C31H40N2O. The normalized spacial score (nSPS) is 14.9. The number of piperidine rings is 1. The molecule has 1 saturated heterocycles. The Hall–Kier alpha value is -2.78. The molecule has 4 rings (SSSR count). The van der Waals surface area contributed by atoms with Crippen LogP contribution in [-0.4, -0.2) is 37.1 Å². The number of hydrogen-bond donors (Lipinski definition) is 0. The van der Waals surface area contributed by atoms with Crippen molar-refractivity contribution in [3.63, 3.8) is 0 Å². The van der Waals surface area contributed by atoms with Crippen molar-refractivity contribution in [2.75, 3.05) is 31.1 Å². The zero-order chi connectivity index (χ0) is 23.6. The van der Waals surface area contributed by atoms with Crippen LogP contribution in [0.1, 0.15) is 44.2 Å². The fourth-order valence-electron chi connectivity index (χ4n) is 4.80. The molecule has 1 aliphatic rings. The van der Waals surface area contributed by atoms with Crippen molar-refractivity contribution >= 4 is 5.69 Å². The quantitative estimate of drug-likeness (QED) is 0.315. The van der Waals surface area contributed by atoms with E-state index in [1.807, 2.05) is 6.07 Å². The fourth-order valence-corrected chi connectivity index (χ4v) is 4.80. The molecule has 1 heterocycles. The molecule has 3 nitrogen and oxygen atoms in total. The second-order valence-corrected chi connectivity index (χ2v) is 9.96. The summed E-state index contributed by atoms with van der Waals surface area (Å²) < 4.78 is 6.15. The lowest BCUT2D eigenvalue weighted by Gasteiger charge is -2.40. The van der Waals surface area contributed by atoms with E-state index in [4.69, 9.17) is 4.74 Å². The van der Waals surface area contributed by atoms with E-state index in [0.29, 0.717) is 18.6 Å². The Morgan fingerprint density at radius 2 is 1.53 bits per heavy atom. The zero-order valence-corrected chi connectivity index (χ0v) is 20.9. The Bertz CT molecular complexity index is 965. The third-order valence-electron chi connectivity index (χ3n) is 6.90. The highest BCUT2D eigenvalue weighted by Gasteiger charge is 2.25. The molecule has 0 spiro atoms. The fraction of sp³-hybridized carbons (Fsp3) is 0.419. The highest BCUT2D eigenvalue weighted by Crippen LogP contribution is 2.28. The summed E-state index contributed by atoms with van der Waals surface area (Å²) in [4.78, 5) is 5.30. The lowest BCUT2D eigenvalue weighted by Crippen LogP contribution is -2.46. The Kier molecular flexibility index (Phi) is 9.04. The largest absolute Gasteiger partial charge is 0.489 e. The first-order valence-corrected chi connectivity index (χ1v) is 13.0. The van der Waals surface area contributed by atoms with Crippen LogP contribution in [0.25, 0.3) is 0 Å². The Labute approximate surface area is 206 Å².